The number of Topliss-reactive ketones (excluding diaryl/α,β-unsaturated/α-hetero) is 1. The summed E-state index contributed by atoms with van der Waals surface area (Å²) in [5.74, 6) is -4.98. The van der Waals surface area contributed by atoms with Gasteiger partial charge in [-0.05, 0) is 74.9 Å². The van der Waals surface area contributed by atoms with Gasteiger partial charge in [-0.1, -0.05) is 27.7 Å². The quantitative estimate of drug-likeness (QED) is 0.238. The van der Waals surface area contributed by atoms with E-state index in [2.05, 4.69) is 0 Å². The Morgan fingerprint density at radius 3 is 2.04 bits per heavy atom. The number of aliphatic hydroxyl groups is 5. The van der Waals surface area contributed by atoms with Crippen LogP contribution in [0.15, 0.2) is 0 Å². The molecular formula is C37H67NO13. The third kappa shape index (κ3) is 9.51. The van der Waals surface area contributed by atoms with Crippen molar-refractivity contribution in [1.29, 1.82) is 0 Å². The fourth-order valence-electron chi connectivity index (χ4n) is 8.41. The lowest BCUT2D eigenvalue weighted by Crippen LogP contribution is -2.61. The minimum absolute atomic E-state index is 0.0936. The van der Waals surface area contributed by atoms with E-state index < -0.39 is 108 Å². The Kier molecular flexibility index (Phi) is 14.7. The van der Waals surface area contributed by atoms with E-state index in [9.17, 15) is 35.1 Å². The van der Waals surface area contributed by atoms with E-state index in [0.717, 1.165) is 0 Å². The van der Waals surface area contributed by atoms with Crippen molar-refractivity contribution < 1.29 is 63.5 Å². The molecule has 3 aliphatic heterocycles. The molecule has 3 fully saturated rings. The normalized spacial score (nSPS) is 49.7. The number of hydrogen-bond acceptors (Lipinski definition) is 14. The third-order valence-corrected chi connectivity index (χ3v) is 11.8. The Labute approximate surface area is 304 Å². The standard InChI is InChI=1S/C37H67NO13/c1-14-25-37(10,45)30(41)20(4)27(39)18(2)16-35(8,44)32(51-34-28(40)24(38(11)12)15-19(3)47-34)21(5)29(22(6)33(43)49-25)50-26-17-36(9,46-13)31(42)23(7)48-26/h18-26,28-32,34,40-42,44-45H,14-17H2,1-13H3/t18-,19-,20+,21+,22-,23+,24+,25-,26+,28-,29+,30-,31+,32-,34?,35+,36-,37-/m1/s1. The van der Waals surface area contributed by atoms with Crippen molar-refractivity contribution in [2.24, 2.45) is 23.7 Å². The third-order valence-electron chi connectivity index (χ3n) is 11.8. The number of esters is 1. The second-order valence-electron chi connectivity index (χ2n) is 16.5. The molecule has 0 aromatic carbocycles. The van der Waals surface area contributed by atoms with Crippen molar-refractivity contribution in [2.45, 2.75) is 179 Å². The predicted octanol–water partition coefficient (Wildman–Crippen LogP) is 1.79. The lowest BCUT2D eigenvalue weighted by molar-refractivity contribution is -0.318. The summed E-state index contributed by atoms with van der Waals surface area (Å²) < 4.78 is 37.1. The minimum atomic E-state index is -1.99. The van der Waals surface area contributed by atoms with Crippen molar-refractivity contribution in [3.05, 3.63) is 0 Å². The van der Waals surface area contributed by atoms with Gasteiger partial charge in [0, 0.05) is 37.3 Å². The molecule has 3 saturated heterocycles. The Hall–Kier alpha value is -1.30. The zero-order valence-electron chi connectivity index (χ0n) is 32.9. The van der Waals surface area contributed by atoms with E-state index in [-0.39, 0.29) is 31.4 Å². The highest BCUT2D eigenvalue weighted by atomic mass is 16.7. The van der Waals surface area contributed by atoms with Crippen LogP contribution in [0.5, 0.6) is 0 Å². The Balaban J connectivity index is 2.18. The molecule has 0 saturated carbocycles. The highest BCUT2D eigenvalue weighted by Crippen LogP contribution is 2.40. The molecule has 0 spiro atoms. The van der Waals surface area contributed by atoms with Crippen molar-refractivity contribution >= 4 is 11.8 Å². The molecule has 1 unspecified atom stereocenters. The molecule has 14 nitrogen and oxygen atoms in total. The molecule has 51 heavy (non-hydrogen) atoms. The summed E-state index contributed by atoms with van der Waals surface area (Å²) in [7, 11) is 5.18. The number of ketones is 1. The number of hydrogen-bond donors (Lipinski definition) is 5. The second kappa shape index (κ2) is 17.0. The van der Waals surface area contributed by atoms with Crippen molar-refractivity contribution in [3.63, 3.8) is 0 Å². The van der Waals surface area contributed by atoms with E-state index in [4.69, 9.17) is 28.4 Å². The lowest BCUT2D eigenvalue weighted by Gasteiger charge is -2.49. The molecule has 0 aromatic rings. The number of likely N-dealkylation sites (N-methyl/N-ethyl adjacent to an activating group) is 1. The number of cyclic esters (lactones) is 1. The fraction of sp³-hybridized carbons (Fsp3) is 0.946. The van der Waals surface area contributed by atoms with Gasteiger partial charge < -0.3 is 58.9 Å². The first-order valence-corrected chi connectivity index (χ1v) is 18.5. The Morgan fingerprint density at radius 2 is 1.49 bits per heavy atom. The van der Waals surface area contributed by atoms with Gasteiger partial charge in [0.05, 0.1) is 47.6 Å². The average Bonchev–Trinajstić information content (AvgIpc) is 3.05. The van der Waals surface area contributed by atoms with E-state index in [0.29, 0.717) is 6.42 Å². The van der Waals surface area contributed by atoms with Crippen LogP contribution in [0.25, 0.3) is 0 Å². The molecule has 0 radical (unpaired) electrons. The molecule has 18 atom stereocenters. The van der Waals surface area contributed by atoms with Crippen molar-refractivity contribution in [2.75, 3.05) is 21.2 Å². The molecule has 3 aliphatic rings. The van der Waals surface area contributed by atoms with Crippen LogP contribution in [0.3, 0.4) is 0 Å². The highest BCUT2D eigenvalue weighted by molar-refractivity contribution is 5.83. The molecule has 5 N–H and O–H groups in total. The first-order valence-electron chi connectivity index (χ1n) is 18.5. The number of aliphatic hydroxyl groups excluding tert-OH is 3. The van der Waals surface area contributed by atoms with Gasteiger partial charge in [0.25, 0.3) is 0 Å². The van der Waals surface area contributed by atoms with Gasteiger partial charge in [0.2, 0.25) is 0 Å². The van der Waals surface area contributed by atoms with Gasteiger partial charge >= 0.3 is 5.97 Å². The van der Waals surface area contributed by atoms with Crippen molar-refractivity contribution in [1.82, 2.24) is 4.90 Å². The summed E-state index contributed by atoms with van der Waals surface area (Å²) in [6.45, 7) is 16.3. The number of carbonyl (C=O) groups is 2. The molecule has 0 aliphatic carbocycles. The fourth-order valence-corrected chi connectivity index (χ4v) is 8.41. The molecule has 0 amide bonds. The maximum atomic E-state index is 14.1. The molecular weight excluding hydrogens is 666 g/mol. The largest absolute Gasteiger partial charge is 0.459 e. The number of carbonyl (C=O) groups excluding carboxylic acids is 2. The van der Waals surface area contributed by atoms with Crippen LogP contribution in [0, 0.1) is 23.7 Å². The van der Waals surface area contributed by atoms with Crippen LogP contribution in [0.1, 0.15) is 94.9 Å². The monoisotopic (exact) mass is 733 g/mol. The summed E-state index contributed by atoms with van der Waals surface area (Å²) in [5, 5.41) is 57.6. The first-order chi connectivity index (χ1) is 23.4. The van der Waals surface area contributed by atoms with Crippen LogP contribution in [0.2, 0.25) is 0 Å². The maximum absolute atomic E-state index is 14.1. The predicted molar refractivity (Wildman–Crippen MR) is 186 cm³/mol. The number of ether oxygens (including phenoxy) is 6. The van der Waals surface area contributed by atoms with Gasteiger partial charge in [-0.25, -0.2) is 0 Å². The zero-order valence-corrected chi connectivity index (χ0v) is 32.9. The summed E-state index contributed by atoms with van der Waals surface area (Å²) in [4.78, 5) is 29.8. The van der Waals surface area contributed by atoms with E-state index in [1.807, 2.05) is 25.9 Å². The van der Waals surface area contributed by atoms with Gasteiger partial charge in [0.15, 0.2) is 12.6 Å². The van der Waals surface area contributed by atoms with Crippen LogP contribution in [-0.2, 0) is 38.0 Å². The molecule has 3 rings (SSSR count). The zero-order chi connectivity index (χ0) is 39.0. The van der Waals surface area contributed by atoms with Crippen LogP contribution in [0.4, 0.5) is 0 Å². The Bertz CT molecular complexity index is 1170. The molecule has 0 aromatic heterocycles. The molecule has 3 heterocycles. The van der Waals surface area contributed by atoms with Gasteiger partial charge in [-0.15, -0.1) is 0 Å². The van der Waals surface area contributed by atoms with Crippen LogP contribution in [-0.4, -0.2) is 148 Å². The van der Waals surface area contributed by atoms with E-state index >= 15 is 0 Å². The summed E-state index contributed by atoms with van der Waals surface area (Å²) in [6.07, 6.45) is -9.71. The number of methoxy groups -OCH3 is 1. The van der Waals surface area contributed by atoms with Gasteiger partial charge in [-0.3, -0.25) is 9.59 Å². The minimum Gasteiger partial charge on any atom is -0.459 e. The van der Waals surface area contributed by atoms with E-state index in [1.54, 1.807) is 41.5 Å². The molecule has 298 valence electrons. The number of rotatable bonds is 7. The van der Waals surface area contributed by atoms with Crippen LogP contribution < -0.4 is 0 Å². The number of nitrogens with zero attached hydrogens (tertiary/aromatic N) is 1. The molecule has 0 bridgehead atoms. The van der Waals surface area contributed by atoms with Crippen LogP contribution >= 0.6 is 0 Å². The second-order valence-corrected chi connectivity index (χ2v) is 16.5. The summed E-state index contributed by atoms with van der Waals surface area (Å²) in [6, 6.07) is -0.324. The maximum Gasteiger partial charge on any atom is 0.311 e. The smallest absolute Gasteiger partial charge is 0.311 e. The average molecular weight is 734 g/mol. The SMILES string of the molecule is CC[C@H]1OC(=O)[C@H](C)[C@@H](O[C@H]2C[C@@](C)(OC)[C@@H](O)[C@H](C)O2)[C@H](C)[C@@H](OC2O[C@H](C)C[C@H](N(C)C)[C@H]2O)[C@@](C)(O)C[C@@H](C)C(=O)[C@H](C)[C@@H](O)[C@]1(C)O. The molecule has 14 heteroatoms. The summed E-state index contributed by atoms with van der Waals surface area (Å²) >= 11 is 0. The lowest BCUT2D eigenvalue weighted by atomic mass is 9.74. The summed E-state index contributed by atoms with van der Waals surface area (Å²) in [5.41, 5.74) is -4.84. The van der Waals surface area contributed by atoms with Gasteiger partial charge in [-0.2, -0.15) is 0 Å². The van der Waals surface area contributed by atoms with Crippen molar-refractivity contribution in [3.8, 4) is 0 Å². The van der Waals surface area contributed by atoms with E-state index in [1.165, 1.54) is 27.9 Å². The highest BCUT2D eigenvalue weighted by Gasteiger charge is 2.53. The van der Waals surface area contributed by atoms with Gasteiger partial charge in [0.1, 0.15) is 29.7 Å². The topological polar surface area (TPSA) is 194 Å². The Morgan fingerprint density at radius 1 is 0.882 bits per heavy atom. The first kappa shape index (κ1) is 44.1.